The van der Waals surface area contributed by atoms with Crippen LogP contribution >= 0.6 is 11.6 Å². The summed E-state index contributed by atoms with van der Waals surface area (Å²) in [5.74, 6) is -0.334. The monoisotopic (exact) mass is 543 g/mol. The number of aryl methyl sites for hydroxylation is 1. The molecule has 198 valence electrons. The van der Waals surface area contributed by atoms with E-state index < -0.39 is 10.0 Å². The third kappa shape index (κ3) is 6.17. The molecule has 1 aliphatic heterocycles. The Morgan fingerprint density at radius 2 is 1.68 bits per heavy atom. The van der Waals surface area contributed by atoms with Crippen LogP contribution in [0.25, 0.3) is 0 Å². The number of halogens is 1. The van der Waals surface area contributed by atoms with Crippen molar-refractivity contribution in [1.82, 2.24) is 19.0 Å². The molecule has 4 rings (SSSR count). The second kappa shape index (κ2) is 11.7. The molecular formula is C27H34ClN5O3S. The maximum absolute atomic E-state index is 13.8. The van der Waals surface area contributed by atoms with Gasteiger partial charge in [0.05, 0.1) is 5.56 Å². The van der Waals surface area contributed by atoms with Crippen molar-refractivity contribution in [3.63, 3.8) is 0 Å². The van der Waals surface area contributed by atoms with Gasteiger partial charge in [0.2, 0.25) is 5.03 Å². The Morgan fingerprint density at radius 3 is 2.27 bits per heavy atom. The van der Waals surface area contributed by atoms with Gasteiger partial charge in [0.1, 0.15) is 0 Å². The molecule has 10 heteroatoms. The third-order valence-corrected chi connectivity index (χ3v) is 8.59. The topological polar surface area (TPSA) is 78.8 Å². The lowest BCUT2D eigenvalue weighted by atomic mass is 10.1. The summed E-state index contributed by atoms with van der Waals surface area (Å²) in [5, 5.41) is 4.91. The van der Waals surface area contributed by atoms with E-state index in [0.717, 1.165) is 17.7 Å². The average molecular weight is 544 g/mol. The van der Waals surface area contributed by atoms with Crippen molar-refractivity contribution >= 4 is 33.2 Å². The number of hydrogen-bond donors (Lipinski definition) is 0. The molecule has 1 saturated heterocycles. The van der Waals surface area contributed by atoms with Crippen LogP contribution in [0.5, 0.6) is 0 Å². The minimum Gasteiger partial charge on any atom is -0.369 e. The van der Waals surface area contributed by atoms with Crippen LogP contribution in [0, 0.1) is 0 Å². The van der Waals surface area contributed by atoms with Gasteiger partial charge in [-0.05, 0) is 50.1 Å². The van der Waals surface area contributed by atoms with Gasteiger partial charge < -0.3 is 9.80 Å². The van der Waals surface area contributed by atoms with Crippen molar-refractivity contribution in [2.24, 2.45) is 0 Å². The lowest BCUT2D eigenvalue weighted by Gasteiger charge is -2.35. The first kappa shape index (κ1) is 27.2. The molecule has 2 heterocycles. The molecule has 0 aliphatic carbocycles. The molecule has 0 spiro atoms. The van der Waals surface area contributed by atoms with E-state index in [9.17, 15) is 13.2 Å². The summed E-state index contributed by atoms with van der Waals surface area (Å²) < 4.78 is 30.6. The number of rotatable bonds is 9. The molecule has 0 radical (unpaired) electrons. The normalized spacial score (nSPS) is 14.8. The summed E-state index contributed by atoms with van der Waals surface area (Å²) in [6, 6.07) is 17.1. The fourth-order valence-electron chi connectivity index (χ4n) is 4.47. The lowest BCUT2D eigenvalue weighted by Crippen LogP contribution is -2.49. The number of anilines is 1. The SMILES string of the molecule is CCCn1cc(C(=O)N(Cc2ccccc2)C(C)C)c(S(=O)(=O)N2CCN(c3ccc(Cl)cc3)CC2)n1. The van der Waals surface area contributed by atoms with Crippen molar-refractivity contribution in [2.45, 2.75) is 51.3 Å². The molecule has 1 fully saturated rings. The second-order valence-corrected chi connectivity index (χ2v) is 11.8. The Hall–Kier alpha value is -2.88. The first-order chi connectivity index (χ1) is 17.7. The van der Waals surface area contributed by atoms with Crippen molar-refractivity contribution in [3.8, 4) is 0 Å². The molecule has 0 atom stereocenters. The van der Waals surface area contributed by atoms with Crippen molar-refractivity contribution in [2.75, 3.05) is 31.1 Å². The van der Waals surface area contributed by atoms with E-state index in [0.29, 0.717) is 44.3 Å². The van der Waals surface area contributed by atoms with Gasteiger partial charge in [0, 0.05) is 62.2 Å². The number of benzene rings is 2. The molecule has 2 aromatic carbocycles. The first-order valence-electron chi connectivity index (χ1n) is 12.6. The van der Waals surface area contributed by atoms with Crippen LogP contribution in [0.2, 0.25) is 5.02 Å². The highest BCUT2D eigenvalue weighted by Crippen LogP contribution is 2.25. The molecule has 0 saturated carbocycles. The van der Waals surface area contributed by atoms with Crippen LogP contribution in [-0.2, 0) is 23.1 Å². The standard InChI is InChI=1S/C27H34ClN5O3S/c1-4-14-31-20-25(27(34)33(21(2)3)19-22-8-6-5-7-9-22)26(29-31)37(35,36)32-17-15-30(16-18-32)24-12-10-23(28)11-13-24/h5-13,20-21H,4,14-19H2,1-3H3. The van der Waals surface area contributed by atoms with Crippen LogP contribution in [0.15, 0.2) is 65.8 Å². The summed E-state index contributed by atoms with van der Waals surface area (Å²) in [7, 11) is -3.97. The van der Waals surface area contributed by atoms with Crippen molar-refractivity contribution < 1.29 is 13.2 Å². The molecular weight excluding hydrogens is 510 g/mol. The number of aromatic nitrogens is 2. The number of carbonyl (C=O) groups is 1. The molecule has 0 unspecified atom stereocenters. The minimum absolute atomic E-state index is 0.123. The summed E-state index contributed by atoms with van der Waals surface area (Å²) in [5.41, 5.74) is 2.10. The molecule has 3 aromatic rings. The van der Waals surface area contributed by atoms with Crippen LogP contribution < -0.4 is 4.90 Å². The number of carbonyl (C=O) groups excluding carboxylic acids is 1. The van der Waals surface area contributed by atoms with Gasteiger partial charge in [0.25, 0.3) is 15.9 Å². The van der Waals surface area contributed by atoms with Gasteiger partial charge >= 0.3 is 0 Å². The second-order valence-electron chi connectivity index (χ2n) is 9.49. The predicted molar refractivity (Wildman–Crippen MR) is 146 cm³/mol. The minimum atomic E-state index is -3.97. The van der Waals surface area contributed by atoms with Crippen LogP contribution in [0.1, 0.15) is 43.1 Å². The average Bonchev–Trinajstić information content (AvgIpc) is 3.33. The Kier molecular flexibility index (Phi) is 8.56. The fourth-order valence-corrected chi connectivity index (χ4v) is 6.11. The molecule has 37 heavy (non-hydrogen) atoms. The van der Waals surface area contributed by atoms with E-state index in [2.05, 4.69) is 10.00 Å². The number of hydrogen-bond acceptors (Lipinski definition) is 5. The van der Waals surface area contributed by atoms with E-state index in [1.807, 2.05) is 75.4 Å². The smallest absolute Gasteiger partial charge is 0.263 e. The van der Waals surface area contributed by atoms with Crippen LogP contribution in [0.3, 0.4) is 0 Å². The van der Waals surface area contributed by atoms with Gasteiger partial charge in [-0.25, -0.2) is 8.42 Å². The Balaban J connectivity index is 1.59. The van der Waals surface area contributed by atoms with Crippen molar-refractivity contribution in [3.05, 3.63) is 76.9 Å². The highest BCUT2D eigenvalue weighted by Gasteiger charge is 2.36. The molecule has 0 N–H and O–H groups in total. The van der Waals surface area contributed by atoms with Gasteiger partial charge in [-0.2, -0.15) is 9.40 Å². The van der Waals surface area contributed by atoms with E-state index in [1.54, 1.807) is 15.8 Å². The molecule has 1 amide bonds. The summed E-state index contributed by atoms with van der Waals surface area (Å²) in [6.45, 7) is 8.44. The van der Waals surface area contributed by atoms with E-state index in [4.69, 9.17) is 11.6 Å². The zero-order valence-electron chi connectivity index (χ0n) is 21.5. The van der Waals surface area contributed by atoms with E-state index >= 15 is 0 Å². The quantitative estimate of drug-likeness (QED) is 0.397. The predicted octanol–water partition coefficient (Wildman–Crippen LogP) is 4.51. The molecule has 1 aliphatic rings. The number of amides is 1. The summed E-state index contributed by atoms with van der Waals surface area (Å²) in [4.78, 5) is 17.6. The van der Waals surface area contributed by atoms with E-state index in [1.165, 1.54) is 4.31 Å². The Labute approximate surface area is 224 Å². The third-order valence-electron chi connectivity index (χ3n) is 6.51. The van der Waals surface area contributed by atoms with Gasteiger partial charge in [-0.3, -0.25) is 9.48 Å². The highest BCUT2D eigenvalue weighted by atomic mass is 35.5. The largest absolute Gasteiger partial charge is 0.369 e. The number of piperazine rings is 1. The van der Waals surface area contributed by atoms with Crippen molar-refractivity contribution in [1.29, 1.82) is 0 Å². The van der Waals surface area contributed by atoms with E-state index in [-0.39, 0.29) is 22.5 Å². The van der Waals surface area contributed by atoms with Gasteiger partial charge in [0.15, 0.2) is 0 Å². The maximum atomic E-state index is 13.8. The number of nitrogens with zero attached hydrogens (tertiary/aromatic N) is 5. The molecule has 1 aromatic heterocycles. The lowest BCUT2D eigenvalue weighted by molar-refractivity contribution is 0.0686. The Morgan fingerprint density at radius 1 is 1.03 bits per heavy atom. The zero-order chi connectivity index (χ0) is 26.6. The van der Waals surface area contributed by atoms with Crippen LogP contribution in [0.4, 0.5) is 5.69 Å². The molecule has 0 bridgehead atoms. The maximum Gasteiger partial charge on any atom is 0.263 e. The van der Waals surface area contributed by atoms with Crippen LogP contribution in [-0.4, -0.2) is 65.5 Å². The zero-order valence-corrected chi connectivity index (χ0v) is 23.1. The number of sulfonamides is 1. The van der Waals surface area contributed by atoms with Gasteiger partial charge in [-0.15, -0.1) is 0 Å². The summed E-state index contributed by atoms with van der Waals surface area (Å²) >= 11 is 6.01. The molecule has 8 nitrogen and oxygen atoms in total. The highest BCUT2D eigenvalue weighted by molar-refractivity contribution is 7.89. The summed E-state index contributed by atoms with van der Waals surface area (Å²) in [6.07, 6.45) is 2.36. The fraction of sp³-hybridized carbons (Fsp3) is 0.407. The Bertz CT molecular complexity index is 1300. The first-order valence-corrected chi connectivity index (χ1v) is 14.5. The van der Waals surface area contributed by atoms with Gasteiger partial charge in [-0.1, -0.05) is 48.9 Å².